The number of aliphatic hydroxyl groups is 1. The molecule has 0 saturated heterocycles. The number of aliphatic hydroxyl groups excluding tert-OH is 1. The van der Waals surface area contributed by atoms with Crippen LogP contribution in [0.15, 0.2) is 12.1 Å². The number of halogens is 1. The lowest BCUT2D eigenvalue weighted by Gasteiger charge is -2.13. The first-order chi connectivity index (χ1) is 7.51. The van der Waals surface area contributed by atoms with Crippen LogP contribution in [0, 0.1) is 10.1 Å². The maximum Gasteiger partial charge on any atom is 0.273 e. The van der Waals surface area contributed by atoms with Gasteiger partial charge in [-0.2, -0.15) is 0 Å². The summed E-state index contributed by atoms with van der Waals surface area (Å²) in [5.74, 6) is -0.345. The number of phenolic OH excluding ortho intramolecular Hbond substituents is 1. The third-order valence-corrected chi connectivity index (χ3v) is 2.12. The van der Waals surface area contributed by atoms with E-state index < -0.39 is 17.6 Å². The van der Waals surface area contributed by atoms with E-state index in [1.807, 2.05) is 0 Å². The van der Waals surface area contributed by atoms with Crippen molar-refractivity contribution in [3.63, 3.8) is 0 Å². The predicted octanol–water partition coefficient (Wildman–Crippen LogP) is 0.723. The van der Waals surface area contributed by atoms with Gasteiger partial charge < -0.3 is 20.7 Å². The van der Waals surface area contributed by atoms with Crippen molar-refractivity contribution in [2.24, 2.45) is 5.73 Å². The fourth-order valence-corrected chi connectivity index (χ4v) is 1.26. The Kier molecular flexibility index (Phi) is 5.66. The van der Waals surface area contributed by atoms with Crippen molar-refractivity contribution in [1.29, 1.82) is 0 Å². The van der Waals surface area contributed by atoms with Gasteiger partial charge in [0.15, 0.2) is 11.5 Å². The molecule has 0 aliphatic heterocycles. The van der Waals surface area contributed by atoms with Gasteiger partial charge in [-0.05, 0) is 0 Å². The summed E-state index contributed by atoms with van der Waals surface area (Å²) in [6, 6.07) is 1.30. The summed E-state index contributed by atoms with van der Waals surface area (Å²) < 4.78 is 4.78. The maximum atomic E-state index is 10.6. The third kappa shape index (κ3) is 3.19. The predicted molar refractivity (Wildman–Crippen MR) is 62.6 cm³/mol. The van der Waals surface area contributed by atoms with E-state index in [0.717, 1.165) is 12.1 Å². The largest absolute Gasteiger partial charge is 0.504 e. The van der Waals surface area contributed by atoms with Crippen LogP contribution in [-0.4, -0.2) is 28.9 Å². The van der Waals surface area contributed by atoms with Gasteiger partial charge in [-0.3, -0.25) is 10.1 Å². The number of non-ortho nitro benzene ring substituents is 1. The molecule has 0 amide bonds. The smallest absolute Gasteiger partial charge is 0.273 e. The molecule has 4 N–H and O–H groups in total. The number of hydrogen-bond acceptors (Lipinski definition) is 6. The first kappa shape index (κ1) is 15.4. The van der Waals surface area contributed by atoms with Gasteiger partial charge in [-0.1, -0.05) is 0 Å². The van der Waals surface area contributed by atoms with Crippen molar-refractivity contribution in [3.05, 3.63) is 27.8 Å². The van der Waals surface area contributed by atoms with Gasteiger partial charge in [0.1, 0.15) is 0 Å². The minimum absolute atomic E-state index is 0. The van der Waals surface area contributed by atoms with E-state index >= 15 is 0 Å². The van der Waals surface area contributed by atoms with Gasteiger partial charge >= 0.3 is 0 Å². The average Bonchev–Trinajstić information content (AvgIpc) is 2.28. The minimum atomic E-state index is -0.895. The van der Waals surface area contributed by atoms with E-state index in [0.29, 0.717) is 0 Å². The number of rotatable bonds is 4. The summed E-state index contributed by atoms with van der Waals surface area (Å²) in [5.41, 5.74) is 5.32. The minimum Gasteiger partial charge on any atom is -0.504 e. The molecule has 0 bridgehead atoms. The number of hydrogen-bond donors (Lipinski definition) is 3. The standard InChI is InChI=1S/C9H12N2O5.ClH/c1-16-8-3-5(11(14)15)2-6(9(8)13)7(10)4-12;/h2-3,7,12-13H,4,10H2,1H3;1H/t7-;/m1./s1. The van der Waals surface area contributed by atoms with Crippen molar-refractivity contribution in [3.8, 4) is 11.5 Å². The average molecular weight is 265 g/mol. The van der Waals surface area contributed by atoms with Gasteiger partial charge in [0, 0.05) is 11.6 Å². The molecule has 0 unspecified atom stereocenters. The lowest BCUT2D eigenvalue weighted by Crippen LogP contribution is -2.15. The van der Waals surface area contributed by atoms with Crippen LogP contribution in [0.1, 0.15) is 11.6 Å². The lowest BCUT2D eigenvalue weighted by atomic mass is 10.1. The number of nitro benzene ring substituents is 1. The Hall–Kier alpha value is -1.57. The lowest BCUT2D eigenvalue weighted by molar-refractivity contribution is -0.385. The molecule has 1 rings (SSSR count). The van der Waals surface area contributed by atoms with Crippen molar-refractivity contribution in [2.75, 3.05) is 13.7 Å². The first-order valence-corrected chi connectivity index (χ1v) is 4.43. The van der Waals surface area contributed by atoms with Crippen LogP contribution in [0.25, 0.3) is 0 Å². The van der Waals surface area contributed by atoms with Crippen LogP contribution in [0.4, 0.5) is 5.69 Å². The van der Waals surface area contributed by atoms with Gasteiger partial charge in [0.2, 0.25) is 0 Å². The molecule has 0 aromatic heterocycles. The second kappa shape index (κ2) is 6.24. The topological polar surface area (TPSA) is 119 Å². The molecule has 96 valence electrons. The van der Waals surface area contributed by atoms with E-state index in [4.69, 9.17) is 15.6 Å². The quantitative estimate of drug-likeness (QED) is 0.545. The van der Waals surface area contributed by atoms with Gasteiger partial charge in [-0.15, -0.1) is 12.4 Å². The fourth-order valence-electron chi connectivity index (χ4n) is 1.26. The molecule has 8 heteroatoms. The van der Waals surface area contributed by atoms with Gasteiger partial charge in [0.25, 0.3) is 5.69 Å². The van der Waals surface area contributed by atoms with Gasteiger partial charge in [-0.25, -0.2) is 0 Å². The van der Waals surface area contributed by atoms with E-state index in [1.165, 1.54) is 7.11 Å². The van der Waals surface area contributed by atoms with Crippen molar-refractivity contribution in [1.82, 2.24) is 0 Å². The molecule has 0 radical (unpaired) electrons. The highest BCUT2D eigenvalue weighted by Gasteiger charge is 2.20. The highest BCUT2D eigenvalue weighted by Crippen LogP contribution is 2.36. The van der Waals surface area contributed by atoms with E-state index in [-0.39, 0.29) is 35.2 Å². The normalized spacial score (nSPS) is 11.5. The molecule has 0 spiro atoms. The number of nitrogens with zero attached hydrogens (tertiary/aromatic N) is 1. The monoisotopic (exact) mass is 264 g/mol. The summed E-state index contributed by atoms with van der Waals surface area (Å²) in [5, 5.41) is 29.1. The van der Waals surface area contributed by atoms with Crippen molar-refractivity contribution < 1.29 is 19.9 Å². The molecule has 0 saturated carbocycles. The Morgan fingerprint density at radius 2 is 2.18 bits per heavy atom. The second-order valence-corrected chi connectivity index (χ2v) is 3.13. The van der Waals surface area contributed by atoms with Crippen LogP contribution in [-0.2, 0) is 0 Å². The molecule has 7 nitrogen and oxygen atoms in total. The number of phenols is 1. The van der Waals surface area contributed by atoms with Crippen LogP contribution in [0.5, 0.6) is 11.5 Å². The van der Waals surface area contributed by atoms with Crippen LogP contribution in [0.3, 0.4) is 0 Å². The molecular weight excluding hydrogens is 252 g/mol. The fraction of sp³-hybridized carbons (Fsp3) is 0.333. The van der Waals surface area contributed by atoms with Crippen LogP contribution < -0.4 is 10.5 Å². The Morgan fingerprint density at radius 3 is 2.59 bits per heavy atom. The van der Waals surface area contributed by atoms with Crippen LogP contribution in [0.2, 0.25) is 0 Å². The molecule has 1 aromatic rings. The number of methoxy groups -OCH3 is 1. The molecule has 0 fully saturated rings. The Labute approximate surface area is 103 Å². The Morgan fingerprint density at radius 1 is 1.59 bits per heavy atom. The first-order valence-electron chi connectivity index (χ1n) is 4.43. The number of aromatic hydroxyl groups is 1. The summed E-state index contributed by atoms with van der Waals surface area (Å²) in [7, 11) is 1.27. The summed E-state index contributed by atoms with van der Waals surface area (Å²) in [6.45, 7) is -0.433. The molecule has 17 heavy (non-hydrogen) atoms. The summed E-state index contributed by atoms with van der Waals surface area (Å²) in [6.07, 6.45) is 0. The molecule has 0 heterocycles. The zero-order valence-electron chi connectivity index (χ0n) is 8.99. The SMILES string of the molecule is COc1cc([N+](=O)[O-])cc([C@H](N)CO)c1O.Cl. The van der Waals surface area contributed by atoms with E-state index in [1.54, 1.807) is 0 Å². The number of nitro groups is 1. The highest BCUT2D eigenvalue weighted by atomic mass is 35.5. The van der Waals surface area contributed by atoms with Crippen LogP contribution >= 0.6 is 12.4 Å². The van der Waals surface area contributed by atoms with E-state index in [2.05, 4.69) is 0 Å². The Balaban J connectivity index is 0.00000256. The highest BCUT2D eigenvalue weighted by molar-refractivity contribution is 5.85. The van der Waals surface area contributed by atoms with Crippen molar-refractivity contribution in [2.45, 2.75) is 6.04 Å². The number of nitrogens with two attached hydrogens (primary N) is 1. The Bertz CT molecular complexity index is 413. The zero-order chi connectivity index (χ0) is 12.3. The summed E-state index contributed by atoms with van der Waals surface area (Å²) >= 11 is 0. The molecule has 1 atom stereocenters. The number of ether oxygens (including phenoxy) is 1. The molecule has 0 aliphatic carbocycles. The third-order valence-electron chi connectivity index (χ3n) is 2.12. The molecular formula is C9H13ClN2O5. The van der Waals surface area contributed by atoms with Gasteiger partial charge in [0.05, 0.1) is 30.7 Å². The maximum absolute atomic E-state index is 10.6. The molecule has 0 aliphatic rings. The summed E-state index contributed by atoms with van der Waals surface area (Å²) in [4.78, 5) is 9.98. The zero-order valence-corrected chi connectivity index (χ0v) is 9.81. The van der Waals surface area contributed by atoms with E-state index in [9.17, 15) is 15.2 Å². The van der Waals surface area contributed by atoms with Crippen molar-refractivity contribution >= 4 is 18.1 Å². The number of benzene rings is 1. The molecule has 1 aromatic carbocycles. The second-order valence-electron chi connectivity index (χ2n) is 3.13.